The summed E-state index contributed by atoms with van der Waals surface area (Å²) in [6.45, 7) is 5.35. The maximum atomic E-state index is 2.77. The summed E-state index contributed by atoms with van der Waals surface area (Å²) in [7, 11) is 0. The Hall–Kier alpha value is -0.340. The normalized spacial score (nSPS) is 37.2. The van der Waals surface area contributed by atoms with Crippen molar-refractivity contribution >= 4 is 0 Å². The number of allylic oxidation sites excluding steroid dienone is 1. The molecular weight excluding hydrogens is 196 g/mol. The Bertz CT molecular complexity index is 261. The van der Waals surface area contributed by atoms with Crippen molar-refractivity contribution in [2.24, 2.45) is 0 Å². The van der Waals surface area contributed by atoms with Crippen LogP contribution in [0.15, 0.2) is 12.2 Å². The molecule has 0 amide bonds. The number of piperazine rings is 1. The van der Waals surface area contributed by atoms with E-state index in [1.165, 1.54) is 64.7 Å². The number of hydrogen-bond acceptors (Lipinski definition) is 2. The fourth-order valence-electron chi connectivity index (χ4n) is 3.62. The Labute approximate surface area is 99.3 Å². The van der Waals surface area contributed by atoms with Gasteiger partial charge in [0.2, 0.25) is 0 Å². The highest BCUT2D eigenvalue weighted by Crippen LogP contribution is 2.25. The fraction of sp³-hybridized carbons (Fsp3) is 0.857. The molecule has 2 saturated heterocycles. The Kier molecular flexibility index (Phi) is 3.30. The Morgan fingerprint density at radius 2 is 1.75 bits per heavy atom. The molecule has 0 saturated carbocycles. The van der Waals surface area contributed by atoms with Crippen molar-refractivity contribution in [2.45, 2.75) is 50.6 Å². The molecule has 0 aromatic rings. The average Bonchev–Trinajstić information content (AvgIpc) is 2.39. The molecule has 2 unspecified atom stereocenters. The molecule has 0 aromatic heterocycles. The minimum atomic E-state index is 0.856. The SMILES string of the molecule is C1=CCC(N2CCN3CCCCC3C2)CC1. The zero-order chi connectivity index (χ0) is 10.8. The monoisotopic (exact) mass is 220 g/mol. The zero-order valence-electron chi connectivity index (χ0n) is 10.3. The zero-order valence-corrected chi connectivity index (χ0v) is 10.3. The number of piperidine rings is 1. The first-order valence-electron chi connectivity index (χ1n) is 7.06. The highest BCUT2D eigenvalue weighted by atomic mass is 15.3. The predicted octanol–water partition coefficient (Wildman–Crippen LogP) is 2.27. The first-order chi connectivity index (χ1) is 7.93. The lowest BCUT2D eigenvalue weighted by atomic mass is 9.95. The third-order valence-electron chi connectivity index (χ3n) is 4.63. The van der Waals surface area contributed by atoms with E-state index < -0.39 is 0 Å². The van der Waals surface area contributed by atoms with E-state index >= 15 is 0 Å². The fourth-order valence-corrected chi connectivity index (χ4v) is 3.62. The summed E-state index contributed by atoms with van der Waals surface area (Å²) >= 11 is 0. The van der Waals surface area contributed by atoms with Gasteiger partial charge in [0.05, 0.1) is 0 Å². The summed E-state index contributed by atoms with van der Waals surface area (Å²) < 4.78 is 0. The van der Waals surface area contributed by atoms with Gasteiger partial charge in [0.15, 0.2) is 0 Å². The van der Waals surface area contributed by atoms with Crippen LogP contribution in [0, 0.1) is 0 Å². The molecule has 3 rings (SSSR count). The van der Waals surface area contributed by atoms with Crippen LogP contribution in [0.25, 0.3) is 0 Å². The lowest BCUT2D eigenvalue weighted by Crippen LogP contribution is -2.57. The number of fused-ring (bicyclic) bond motifs is 1. The van der Waals surface area contributed by atoms with Crippen LogP contribution < -0.4 is 0 Å². The van der Waals surface area contributed by atoms with Gasteiger partial charge in [-0.15, -0.1) is 0 Å². The Morgan fingerprint density at radius 1 is 0.812 bits per heavy atom. The minimum absolute atomic E-state index is 0.856. The molecule has 0 aromatic carbocycles. The molecule has 1 aliphatic carbocycles. The van der Waals surface area contributed by atoms with Gasteiger partial charge in [-0.3, -0.25) is 9.80 Å². The summed E-state index contributed by atoms with van der Waals surface area (Å²) in [6.07, 6.45) is 13.1. The molecule has 3 aliphatic rings. The quantitative estimate of drug-likeness (QED) is 0.625. The minimum Gasteiger partial charge on any atom is -0.298 e. The van der Waals surface area contributed by atoms with E-state index in [9.17, 15) is 0 Å². The molecule has 2 nitrogen and oxygen atoms in total. The first-order valence-corrected chi connectivity index (χ1v) is 7.06. The number of hydrogen-bond donors (Lipinski definition) is 0. The topological polar surface area (TPSA) is 6.48 Å². The Morgan fingerprint density at radius 3 is 2.62 bits per heavy atom. The molecular formula is C14H24N2. The van der Waals surface area contributed by atoms with E-state index in [1.54, 1.807) is 0 Å². The van der Waals surface area contributed by atoms with Crippen LogP contribution in [-0.4, -0.2) is 48.1 Å². The smallest absolute Gasteiger partial charge is 0.0223 e. The van der Waals surface area contributed by atoms with Crippen LogP contribution in [0.1, 0.15) is 38.5 Å². The van der Waals surface area contributed by atoms with Crippen molar-refractivity contribution in [3.63, 3.8) is 0 Å². The van der Waals surface area contributed by atoms with Crippen LogP contribution in [0.5, 0.6) is 0 Å². The lowest BCUT2D eigenvalue weighted by Gasteiger charge is -2.46. The van der Waals surface area contributed by atoms with Crippen molar-refractivity contribution in [2.75, 3.05) is 26.2 Å². The van der Waals surface area contributed by atoms with E-state index in [0.717, 1.165) is 12.1 Å². The van der Waals surface area contributed by atoms with Gasteiger partial charge >= 0.3 is 0 Å². The van der Waals surface area contributed by atoms with Crippen molar-refractivity contribution in [1.29, 1.82) is 0 Å². The van der Waals surface area contributed by atoms with E-state index in [-0.39, 0.29) is 0 Å². The third kappa shape index (κ3) is 2.18. The molecule has 2 fully saturated rings. The molecule has 0 spiro atoms. The summed E-state index contributed by atoms with van der Waals surface area (Å²) in [5, 5.41) is 0. The van der Waals surface area contributed by atoms with Crippen LogP contribution in [-0.2, 0) is 0 Å². The maximum absolute atomic E-state index is 2.77. The van der Waals surface area contributed by atoms with Gasteiger partial charge in [0, 0.05) is 31.7 Å². The predicted molar refractivity (Wildman–Crippen MR) is 67.6 cm³/mol. The van der Waals surface area contributed by atoms with Crippen LogP contribution in [0.3, 0.4) is 0 Å². The van der Waals surface area contributed by atoms with E-state index in [2.05, 4.69) is 22.0 Å². The molecule has 16 heavy (non-hydrogen) atoms. The molecule has 2 atom stereocenters. The molecule has 90 valence electrons. The largest absolute Gasteiger partial charge is 0.298 e. The van der Waals surface area contributed by atoms with Crippen LogP contribution in [0.4, 0.5) is 0 Å². The maximum Gasteiger partial charge on any atom is 0.0223 e. The van der Waals surface area contributed by atoms with Crippen LogP contribution in [0.2, 0.25) is 0 Å². The van der Waals surface area contributed by atoms with Gasteiger partial charge in [-0.05, 0) is 38.6 Å². The summed E-state index contributed by atoms with van der Waals surface area (Å²) in [5.74, 6) is 0. The molecule has 0 N–H and O–H groups in total. The average molecular weight is 220 g/mol. The standard InChI is InChI=1S/C14H24N2/c1-2-6-13(7-3-1)16-11-10-15-9-5-4-8-14(15)12-16/h1-2,13-14H,3-12H2. The van der Waals surface area contributed by atoms with Crippen molar-refractivity contribution in [3.05, 3.63) is 12.2 Å². The summed E-state index contributed by atoms with van der Waals surface area (Å²) in [5.41, 5.74) is 0. The Balaban J connectivity index is 1.59. The lowest BCUT2D eigenvalue weighted by molar-refractivity contribution is 0.0252. The second-order valence-electron chi connectivity index (χ2n) is 5.62. The second kappa shape index (κ2) is 4.89. The highest BCUT2D eigenvalue weighted by molar-refractivity contribution is 4.96. The van der Waals surface area contributed by atoms with Gasteiger partial charge in [-0.2, -0.15) is 0 Å². The first kappa shape index (κ1) is 10.8. The number of nitrogens with zero attached hydrogens (tertiary/aromatic N) is 2. The molecule has 2 heterocycles. The number of rotatable bonds is 1. The van der Waals surface area contributed by atoms with Crippen LogP contribution >= 0.6 is 0 Å². The van der Waals surface area contributed by atoms with Crippen molar-refractivity contribution in [3.8, 4) is 0 Å². The van der Waals surface area contributed by atoms with Crippen molar-refractivity contribution < 1.29 is 0 Å². The van der Waals surface area contributed by atoms with E-state index in [1.807, 2.05) is 0 Å². The van der Waals surface area contributed by atoms with E-state index in [4.69, 9.17) is 0 Å². The van der Waals surface area contributed by atoms with Gasteiger partial charge in [0.1, 0.15) is 0 Å². The molecule has 2 heteroatoms. The molecule has 0 radical (unpaired) electrons. The van der Waals surface area contributed by atoms with Gasteiger partial charge < -0.3 is 0 Å². The van der Waals surface area contributed by atoms with Gasteiger partial charge in [-0.25, -0.2) is 0 Å². The van der Waals surface area contributed by atoms with Gasteiger partial charge in [-0.1, -0.05) is 18.6 Å². The third-order valence-corrected chi connectivity index (χ3v) is 4.63. The summed E-state index contributed by atoms with van der Waals surface area (Å²) in [4.78, 5) is 5.51. The van der Waals surface area contributed by atoms with Crippen molar-refractivity contribution in [1.82, 2.24) is 9.80 Å². The van der Waals surface area contributed by atoms with Gasteiger partial charge in [0.25, 0.3) is 0 Å². The molecule has 0 bridgehead atoms. The highest BCUT2D eigenvalue weighted by Gasteiger charge is 2.31. The second-order valence-corrected chi connectivity index (χ2v) is 5.62. The van der Waals surface area contributed by atoms with E-state index in [0.29, 0.717) is 0 Å². The summed E-state index contributed by atoms with van der Waals surface area (Å²) in [6, 6.07) is 1.74. The molecule has 2 aliphatic heterocycles.